The van der Waals surface area contributed by atoms with E-state index in [9.17, 15) is 18.0 Å². The maximum absolute atomic E-state index is 13.3. The maximum Gasteiger partial charge on any atom is 0.225 e. The van der Waals surface area contributed by atoms with Gasteiger partial charge in [0.25, 0.3) is 0 Å². The minimum Gasteiger partial charge on any atom is -0.327 e. The molecule has 1 aromatic rings. The third kappa shape index (κ3) is 3.98. The zero-order chi connectivity index (χ0) is 16.3. The smallest absolute Gasteiger partial charge is 0.225 e. The average molecular weight is 311 g/mol. The number of nitrogens with two attached hydrogens (primary N) is 1. The second-order valence-corrected chi connectivity index (χ2v) is 5.47. The summed E-state index contributed by atoms with van der Waals surface area (Å²) in [5.74, 6) is -1.84. The Morgan fingerprint density at radius 1 is 1.41 bits per heavy atom. The summed E-state index contributed by atoms with van der Waals surface area (Å²) in [5, 5.41) is 8.91. The van der Waals surface area contributed by atoms with Crippen molar-refractivity contribution in [1.82, 2.24) is 4.90 Å². The average Bonchev–Trinajstić information content (AvgIpc) is 2.78. The van der Waals surface area contributed by atoms with Gasteiger partial charge in [-0.15, -0.1) is 0 Å². The van der Waals surface area contributed by atoms with Crippen molar-refractivity contribution in [3.05, 3.63) is 35.4 Å². The van der Waals surface area contributed by atoms with Crippen molar-refractivity contribution < 1.29 is 18.0 Å². The second kappa shape index (κ2) is 6.79. The van der Waals surface area contributed by atoms with Gasteiger partial charge < -0.3 is 10.6 Å². The van der Waals surface area contributed by atoms with Gasteiger partial charge in [0.05, 0.1) is 12.6 Å². The molecular weight excluding hydrogens is 295 g/mol. The first-order chi connectivity index (χ1) is 10.4. The van der Waals surface area contributed by atoms with Crippen LogP contribution in [0.1, 0.15) is 18.4 Å². The molecule has 1 saturated heterocycles. The second-order valence-electron chi connectivity index (χ2n) is 5.47. The van der Waals surface area contributed by atoms with E-state index in [0.717, 1.165) is 18.2 Å². The summed E-state index contributed by atoms with van der Waals surface area (Å²) in [6.07, 6.45) is -1.19. The van der Waals surface area contributed by atoms with Gasteiger partial charge in [0, 0.05) is 24.9 Å². The number of rotatable bonds is 4. The third-order valence-electron chi connectivity index (χ3n) is 3.58. The molecule has 118 valence electrons. The lowest BCUT2D eigenvalue weighted by molar-refractivity contribution is -0.131. The Morgan fingerprint density at radius 3 is 2.64 bits per heavy atom. The Bertz CT molecular complexity index is 582. The summed E-state index contributed by atoms with van der Waals surface area (Å²) < 4.78 is 39.5. The maximum atomic E-state index is 13.3. The lowest BCUT2D eigenvalue weighted by atomic mass is 10.0. The van der Waals surface area contributed by atoms with E-state index in [1.54, 1.807) is 0 Å². The van der Waals surface area contributed by atoms with Crippen LogP contribution in [0.2, 0.25) is 0 Å². The third-order valence-corrected chi connectivity index (χ3v) is 3.58. The van der Waals surface area contributed by atoms with Crippen LogP contribution in [-0.4, -0.2) is 35.6 Å². The predicted octanol–water partition coefficient (Wildman–Crippen LogP) is 1.69. The summed E-state index contributed by atoms with van der Waals surface area (Å²) >= 11 is 0. The SMILES string of the molecule is N#C[C@@H]1C[C@H](F)CN1C(=O)C[C@H](N)Cc1cc(F)cc(F)c1. The first kappa shape index (κ1) is 16.3. The Labute approximate surface area is 126 Å². The molecular formula is C15H16F3N3O. The first-order valence-corrected chi connectivity index (χ1v) is 6.92. The number of nitriles is 1. The normalized spacial score (nSPS) is 22.4. The summed E-state index contributed by atoms with van der Waals surface area (Å²) in [7, 11) is 0. The molecule has 2 N–H and O–H groups in total. The summed E-state index contributed by atoms with van der Waals surface area (Å²) in [6, 6.07) is 3.51. The van der Waals surface area contributed by atoms with Crippen molar-refractivity contribution in [2.75, 3.05) is 6.54 Å². The van der Waals surface area contributed by atoms with Crippen LogP contribution in [0, 0.1) is 23.0 Å². The zero-order valence-corrected chi connectivity index (χ0v) is 11.8. The molecule has 0 unspecified atom stereocenters. The molecule has 7 heteroatoms. The van der Waals surface area contributed by atoms with Gasteiger partial charge in [0.15, 0.2) is 0 Å². The van der Waals surface area contributed by atoms with E-state index < -0.39 is 35.8 Å². The Kier molecular flexibility index (Phi) is 5.03. The van der Waals surface area contributed by atoms with Crippen molar-refractivity contribution in [1.29, 1.82) is 5.26 Å². The number of alkyl halides is 1. The molecule has 0 aliphatic carbocycles. The molecule has 1 aromatic carbocycles. The number of hydrogen-bond donors (Lipinski definition) is 1. The predicted molar refractivity (Wildman–Crippen MR) is 73.3 cm³/mol. The summed E-state index contributed by atoms with van der Waals surface area (Å²) in [4.78, 5) is 13.3. The number of hydrogen-bond acceptors (Lipinski definition) is 3. The zero-order valence-electron chi connectivity index (χ0n) is 11.8. The molecule has 1 heterocycles. The Balaban J connectivity index is 1.95. The number of amides is 1. The van der Waals surface area contributed by atoms with Gasteiger partial charge in [0.2, 0.25) is 5.91 Å². The standard InChI is InChI=1S/C15H16F3N3O/c16-10-1-9(2-11(17)4-10)3-13(20)6-15(22)21-8-12(18)5-14(21)7-19/h1-2,4,12-14H,3,5-6,8,20H2/t12-,13+,14-/m0/s1. The number of benzene rings is 1. The molecule has 0 aromatic heterocycles. The van der Waals surface area contributed by atoms with Crippen LogP contribution in [0.4, 0.5) is 13.2 Å². The fourth-order valence-corrected chi connectivity index (χ4v) is 2.63. The van der Waals surface area contributed by atoms with Crippen molar-refractivity contribution in [3.63, 3.8) is 0 Å². The highest BCUT2D eigenvalue weighted by Gasteiger charge is 2.35. The van der Waals surface area contributed by atoms with Crippen molar-refractivity contribution in [3.8, 4) is 6.07 Å². The van der Waals surface area contributed by atoms with E-state index in [4.69, 9.17) is 11.0 Å². The van der Waals surface area contributed by atoms with E-state index in [0.29, 0.717) is 5.56 Å². The first-order valence-electron chi connectivity index (χ1n) is 6.92. The van der Waals surface area contributed by atoms with Crippen molar-refractivity contribution >= 4 is 5.91 Å². The highest BCUT2D eigenvalue weighted by molar-refractivity contribution is 5.78. The van der Waals surface area contributed by atoms with Gasteiger partial charge in [-0.25, -0.2) is 13.2 Å². The van der Waals surface area contributed by atoms with Crippen molar-refractivity contribution in [2.45, 2.75) is 37.5 Å². The Hall–Kier alpha value is -2.07. The van der Waals surface area contributed by atoms with Crippen LogP contribution < -0.4 is 5.73 Å². The van der Waals surface area contributed by atoms with E-state index in [1.165, 1.54) is 4.90 Å². The van der Waals surface area contributed by atoms with Gasteiger partial charge in [-0.2, -0.15) is 5.26 Å². The topological polar surface area (TPSA) is 70.1 Å². The lowest BCUT2D eigenvalue weighted by Crippen LogP contribution is -2.39. The van der Waals surface area contributed by atoms with E-state index in [-0.39, 0.29) is 25.8 Å². The van der Waals surface area contributed by atoms with E-state index >= 15 is 0 Å². The van der Waals surface area contributed by atoms with Crippen LogP contribution in [-0.2, 0) is 11.2 Å². The van der Waals surface area contributed by atoms with Gasteiger partial charge >= 0.3 is 0 Å². The quantitative estimate of drug-likeness (QED) is 0.920. The number of nitrogens with zero attached hydrogens (tertiary/aromatic N) is 2. The molecule has 1 fully saturated rings. The van der Waals surface area contributed by atoms with Crippen LogP contribution in [0.25, 0.3) is 0 Å². The molecule has 2 rings (SSSR count). The number of likely N-dealkylation sites (tertiary alicyclic amines) is 1. The van der Waals surface area contributed by atoms with Crippen LogP contribution >= 0.6 is 0 Å². The summed E-state index contributed by atoms with van der Waals surface area (Å²) in [6.45, 7) is -0.113. The molecule has 4 nitrogen and oxygen atoms in total. The molecule has 1 aliphatic rings. The van der Waals surface area contributed by atoms with Gasteiger partial charge in [-0.1, -0.05) is 0 Å². The molecule has 1 aliphatic heterocycles. The lowest BCUT2D eigenvalue weighted by Gasteiger charge is -2.21. The van der Waals surface area contributed by atoms with Gasteiger partial charge in [0.1, 0.15) is 23.8 Å². The molecule has 0 saturated carbocycles. The molecule has 1 amide bonds. The van der Waals surface area contributed by atoms with E-state index in [2.05, 4.69) is 0 Å². The van der Waals surface area contributed by atoms with Gasteiger partial charge in [-0.05, 0) is 24.1 Å². The van der Waals surface area contributed by atoms with Crippen LogP contribution in [0.15, 0.2) is 18.2 Å². The van der Waals surface area contributed by atoms with E-state index in [1.807, 2.05) is 6.07 Å². The molecule has 0 spiro atoms. The fraction of sp³-hybridized carbons (Fsp3) is 0.467. The van der Waals surface area contributed by atoms with Crippen molar-refractivity contribution in [2.24, 2.45) is 5.73 Å². The largest absolute Gasteiger partial charge is 0.327 e. The molecule has 0 radical (unpaired) electrons. The minimum atomic E-state index is -1.21. The molecule has 3 atom stereocenters. The van der Waals surface area contributed by atoms with Crippen LogP contribution in [0.5, 0.6) is 0 Å². The highest BCUT2D eigenvalue weighted by atomic mass is 19.1. The summed E-state index contributed by atoms with van der Waals surface area (Å²) in [5.41, 5.74) is 6.17. The number of carbonyl (C=O) groups excluding carboxylic acids is 1. The Morgan fingerprint density at radius 2 is 2.05 bits per heavy atom. The monoisotopic (exact) mass is 311 g/mol. The number of halogens is 3. The molecule has 22 heavy (non-hydrogen) atoms. The number of carbonyl (C=O) groups is 1. The fourth-order valence-electron chi connectivity index (χ4n) is 2.63. The molecule has 0 bridgehead atoms. The van der Waals surface area contributed by atoms with Gasteiger partial charge in [-0.3, -0.25) is 4.79 Å². The highest BCUT2D eigenvalue weighted by Crippen LogP contribution is 2.21. The minimum absolute atomic E-state index is 0.00653. The van der Waals surface area contributed by atoms with Crippen LogP contribution in [0.3, 0.4) is 0 Å².